The van der Waals surface area contributed by atoms with Gasteiger partial charge >= 0.3 is 0 Å². The van der Waals surface area contributed by atoms with Gasteiger partial charge in [-0.25, -0.2) is 5.01 Å². The zero-order valence-corrected chi connectivity index (χ0v) is 23.0. The van der Waals surface area contributed by atoms with Crippen LogP contribution in [0.15, 0.2) is 98.2 Å². The van der Waals surface area contributed by atoms with E-state index in [4.69, 9.17) is 34.0 Å². The molecular formula is C27H27Cl2N5O2S. The van der Waals surface area contributed by atoms with Gasteiger partial charge in [-0.2, -0.15) is 18.5 Å². The van der Waals surface area contributed by atoms with E-state index in [2.05, 4.69) is 9.39 Å². The number of hydrogen-bond acceptors (Lipinski definition) is 3. The monoisotopic (exact) mass is 555 g/mol. The lowest BCUT2D eigenvalue weighted by molar-refractivity contribution is 0.468. The summed E-state index contributed by atoms with van der Waals surface area (Å²) in [5.74, 6) is -0.0619. The molecule has 0 saturated heterocycles. The Morgan fingerprint density at radius 3 is 2.08 bits per heavy atom. The zero-order chi connectivity index (χ0) is 26.8. The van der Waals surface area contributed by atoms with Crippen LogP contribution in [0.25, 0.3) is 0 Å². The highest BCUT2D eigenvalue weighted by molar-refractivity contribution is 7.90. The minimum absolute atomic E-state index is 0.0142. The molecule has 3 aromatic rings. The van der Waals surface area contributed by atoms with Crippen LogP contribution in [0.1, 0.15) is 37.8 Å². The Hall–Kier alpha value is -3.20. The molecule has 0 fully saturated rings. The molecule has 0 spiro atoms. The molecule has 0 aromatic heterocycles. The lowest BCUT2D eigenvalue weighted by Crippen LogP contribution is -2.33. The molecule has 37 heavy (non-hydrogen) atoms. The van der Waals surface area contributed by atoms with Crippen LogP contribution in [0.5, 0.6) is 0 Å². The molecule has 1 aliphatic rings. The van der Waals surface area contributed by atoms with E-state index in [0.717, 1.165) is 16.8 Å². The first-order valence-electron chi connectivity index (χ1n) is 11.6. The number of halogens is 2. The molecule has 0 aliphatic carbocycles. The van der Waals surface area contributed by atoms with Gasteiger partial charge in [-0.1, -0.05) is 86.4 Å². The summed E-state index contributed by atoms with van der Waals surface area (Å²) < 4.78 is 30.6. The van der Waals surface area contributed by atoms with Crippen molar-refractivity contribution in [2.75, 3.05) is 6.54 Å². The van der Waals surface area contributed by atoms with Crippen molar-refractivity contribution in [3.8, 4) is 0 Å². The van der Waals surface area contributed by atoms with Gasteiger partial charge in [0, 0.05) is 21.4 Å². The largest absolute Gasteiger partial charge is 0.387 e. The first kappa shape index (κ1) is 26.9. The maximum atomic E-state index is 13.3. The summed E-state index contributed by atoms with van der Waals surface area (Å²) in [4.78, 5) is 4.45. The number of aliphatic imine (C=N–C) groups is 1. The highest BCUT2D eigenvalue weighted by Gasteiger charge is 2.33. The SMILES string of the molecule is CC(C)(C)/C(N)=N/C(=N\S(=O)(=O)c1ccc(Cl)cc1)N1C[C@H](c2ccccc2)C(c2ccc(Cl)cc2)=N1. The van der Waals surface area contributed by atoms with E-state index in [1.165, 1.54) is 29.3 Å². The van der Waals surface area contributed by atoms with Crippen LogP contribution in [0, 0.1) is 5.41 Å². The van der Waals surface area contributed by atoms with Crippen molar-refractivity contribution in [3.63, 3.8) is 0 Å². The minimum atomic E-state index is -4.14. The number of amidine groups is 1. The lowest BCUT2D eigenvalue weighted by atomic mass is 9.91. The average molecular weight is 557 g/mol. The molecule has 4 rings (SSSR count). The van der Waals surface area contributed by atoms with Gasteiger partial charge in [0.1, 0.15) is 5.84 Å². The van der Waals surface area contributed by atoms with Crippen molar-refractivity contribution in [2.45, 2.75) is 31.6 Å². The third kappa shape index (κ3) is 6.39. The Morgan fingerprint density at radius 1 is 0.946 bits per heavy atom. The first-order chi connectivity index (χ1) is 17.4. The number of rotatable bonds is 4. The highest BCUT2D eigenvalue weighted by atomic mass is 35.5. The van der Waals surface area contributed by atoms with E-state index in [-0.39, 0.29) is 22.6 Å². The molecule has 0 unspecified atom stereocenters. The molecule has 10 heteroatoms. The molecule has 192 valence electrons. The third-order valence-electron chi connectivity index (χ3n) is 5.79. The Labute approximate surface area is 227 Å². The molecule has 0 bridgehead atoms. The Balaban J connectivity index is 1.85. The maximum Gasteiger partial charge on any atom is 0.285 e. The smallest absolute Gasteiger partial charge is 0.285 e. The molecule has 3 aromatic carbocycles. The van der Waals surface area contributed by atoms with Crippen molar-refractivity contribution in [3.05, 3.63) is 100 Å². The average Bonchev–Trinajstić information content (AvgIpc) is 3.30. The number of benzene rings is 3. The van der Waals surface area contributed by atoms with Gasteiger partial charge in [-0.3, -0.25) is 0 Å². The molecule has 0 amide bonds. The summed E-state index contributed by atoms with van der Waals surface area (Å²) in [5.41, 5.74) is 8.36. The minimum Gasteiger partial charge on any atom is -0.387 e. The molecule has 0 saturated carbocycles. The fourth-order valence-corrected chi connectivity index (χ4v) is 4.81. The van der Waals surface area contributed by atoms with Crippen LogP contribution in [0.4, 0.5) is 0 Å². The number of sulfonamides is 1. The van der Waals surface area contributed by atoms with E-state index < -0.39 is 15.4 Å². The summed E-state index contributed by atoms with van der Waals surface area (Å²) in [5, 5.41) is 7.32. The molecule has 0 radical (unpaired) electrons. The topological polar surface area (TPSA) is 100 Å². The number of hydrazone groups is 1. The van der Waals surface area contributed by atoms with Gasteiger partial charge in [0.2, 0.25) is 0 Å². The summed E-state index contributed by atoms with van der Waals surface area (Å²) >= 11 is 12.1. The van der Waals surface area contributed by atoms with Gasteiger partial charge in [-0.05, 0) is 47.5 Å². The first-order valence-corrected chi connectivity index (χ1v) is 13.8. The molecule has 1 atom stereocenters. The van der Waals surface area contributed by atoms with Crippen molar-refractivity contribution in [1.82, 2.24) is 5.01 Å². The normalized spacial score (nSPS) is 17.2. The second-order valence-corrected chi connectivity index (χ2v) is 12.1. The fourth-order valence-electron chi connectivity index (χ4n) is 3.62. The molecule has 1 aliphatic heterocycles. The fraction of sp³-hybridized carbons (Fsp3) is 0.222. The predicted octanol–water partition coefficient (Wildman–Crippen LogP) is 5.95. The van der Waals surface area contributed by atoms with E-state index >= 15 is 0 Å². The summed E-state index contributed by atoms with van der Waals surface area (Å²) in [6.07, 6.45) is 0. The second-order valence-electron chi connectivity index (χ2n) is 9.60. The summed E-state index contributed by atoms with van der Waals surface area (Å²) in [6.45, 7) is 5.97. The Bertz CT molecular complexity index is 1460. The predicted molar refractivity (Wildman–Crippen MR) is 151 cm³/mol. The summed E-state index contributed by atoms with van der Waals surface area (Å²) in [7, 11) is -4.14. The maximum absolute atomic E-state index is 13.3. The molecule has 2 N–H and O–H groups in total. The van der Waals surface area contributed by atoms with E-state index in [0.29, 0.717) is 16.6 Å². The highest BCUT2D eigenvalue weighted by Crippen LogP contribution is 2.30. The van der Waals surface area contributed by atoms with E-state index in [1.807, 2.05) is 63.2 Å². The van der Waals surface area contributed by atoms with Crippen molar-refractivity contribution >= 4 is 50.7 Å². The Morgan fingerprint density at radius 2 is 1.51 bits per heavy atom. The van der Waals surface area contributed by atoms with E-state index in [9.17, 15) is 8.42 Å². The van der Waals surface area contributed by atoms with Crippen molar-refractivity contribution in [1.29, 1.82) is 0 Å². The second kappa shape index (κ2) is 10.7. The van der Waals surface area contributed by atoms with Crippen molar-refractivity contribution in [2.24, 2.45) is 25.6 Å². The van der Waals surface area contributed by atoms with Crippen LogP contribution < -0.4 is 5.73 Å². The number of nitrogens with two attached hydrogens (primary N) is 1. The van der Waals surface area contributed by atoms with Gasteiger partial charge in [0.05, 0.1) is 17.2 Å². The molecule has 1 heterocycles. The van der Waals surface area contributed by atoms with Crippen LogP contribution in [-0.4, -0.2) is 37.5 Å². The molecule has 7 nitrogen and oxygen atoms in total. The van der Waals surface area contributed by atoms with Gasteiger partial charge in [-0.15, -0.1) is 4.40 Å². The molecular weight excluding hydrogens is 529 g/mol. The quantitative estimate of drug-likeness (QED) is 0.317. The van der Waals surface area contributed by atoms with Gasteiger partial charge in [0.15, 0.2) is 0 Å². The summed E-state index contributed by atoms with van der Waals surface area (Å²) in [6, 6.07) is 23.0. The third-order valence-corrected chi connectivity index (χ3v) is 7.56. The van der Waals surface area contributed by atoms with Crippen LogP contribution in [0.3, 0.4) is 0 Å². The van der Waals surface area contributed by atoms with Crippen LogP contribution in [0.2, 0.25) is 10.0 Å². The van der Waals surface area contributed by atoms with Crippen LogP contribution >= 0.6 is 23.2 Å². The standard InChI is InChI=1S/C27H27Cl2N5O2S/c1-27(2,3)25(30)31-26(33-37(35,36)22-15-13-21(29)14-16-22)34-17-23(18-7-5-4-6-8-18)24(32-34)19-9-11-20(28)12-10-19/h4-16,23H,17H2,1-3H3,(H2,30,31,33)/t23-/m1/s1. The van der Waals surface area contributed by atoms with Crippen molar-refractivity contribution < 1.29 is 8.42 Å². The van der Waals surface area contributed by atoms with Gasteiger partial charge in [0.25, 0.3) is 16.0 Å². The van der Waals surface area contributed by atoms with Gasteiger partial charge < -0.3 is 5.73 Å². The van der Waals surface area contributed by atoms with Crippen LogP contribution in [-0.2, 0) is 10.0 Å². The van der Waals surface area contributed by atoms with E-state index in [1.54, 1.807) is 12.1 Å². The number of nitrogens with zero attached hydrogens (tertiary/aromatic N) is 4. The lowest BCUT2D eigenvalue weighted by Gasteiger charge is -2.20. The zero-order valence-electron chi connectivity index (χ0n) is 20.6. The number of hydrogen-bond donors (Lipinski definition) is 1. The number of guanidine groups is 1. The Kier molecular flexibility index (Phi) is 7.73.